The zero-order valence-corrected chi connectivity index (χ0v) is 28.4. The van der Waals surface area contributed by atoms with Gasteiger partial charge in [0.1, 0.15) is 12.2 Å². The van der Waals surface area contributed by atoms with Gasteiger partial charge in [0.15, 0.2) is 29.0 Å². The van der Waals surface area contributed by atoms with Gasteiger partial charge in [0.2, 0.25) is 0 Å². The fraction of sp³-hybridized carbons (Fsp3) is 0.767. The molecular formula is C30H54O6Si2. The Morgan fingerprint density at radius 2 is 1.32 bits per heavy atom. The largest absolute Gasteiger partial charge is 0.457 e. The maximum absolute atomic E-state index is 13.6. The van der Waals surface area contributed by atoms with E-state index in [-0.39, 0.29) is 27.9 Å². The highest BCUT2D eigenvalue weighted by Crippen LogP contribution is 2.44. The van der Waals surface area contributed by atoms with Crippen LogP contribution in [0.1, 0.15) is 73.8 Å². The molecule has 1 heterocycles. The summed E-state index contributed by atoms with van der Waals surface area (Å²) < 4.78 is 32.5. The molecule has 218 valence electrons. The average molecular weight is 567 g/mol. The molecule has 0 N–H and O–H groups in total. The van der Waals surface area contributed by atoms with Crippen LogP contribution in [0.15, 0.2) is 30.3 Å². The van der Waals surface area contributed by atoms with E-state index in [1.54, 1.807) is 7.11 Å². The molecule has 7 atom stereocenters. The summed E-state index contributed by atoms with van der Waals surface area (Å²) in [5.74, 6) is -0.583. The summed E-state index contributed by atoms with van der Waals surface area (Å²) in [6.07, 6.45) is -2.70. The number of ether oxygens (including phenoxy) is 3. The molecule has 0 aromatic heterocycles. The summed E-state index contributed by atoms with van der Waals surface area (Å²) in [6.45, 7) is 28.1. The number of rotatable bonds is 9. The standard InChI is InChI=1S/C30H54O6Si2/c1-20(23-18-16-15-17-19-23)21(2)27(31)34-24-22(3)33-28(32-10)26(36-38(13,14)30(7,8)9)25(24)35-37(11,12)29(4,5)6/h15-22,24-26,28H,1-14H3/t20-,21+,22?,24?,25?,26?,28?/m1/s1. The van der Waals surface area contributed by atoms with Crippen molar-refractivity contribution in [1.82, 2.24) is 0 Å². The van der Waals surface area contributed by atoms with Crippen LogP contribution in [0.25, 0.3) is 0 Å². The first-order valence-electron chi connectivity index (χ1n) is 14.0. The third-order valence-electron chi connectivity index (χ3n) is 9.13. The predicted molar refractivity (Wildman–Crippen MR) is 159 cm³/mol. The Bertz CT molecular complexity index is 906. The second-order valence-corrected chi connectivity index (χ2v) is 23.5. The van der Waals surface area contributed by atoms with Gasteiger partial charge in [0.25, 0.3) is 0 Å². The van der Waals surface area contributed by atoms with Crippen molar-refractivity contribution in [3.8, 4) is 0 Å². The van der Waals surface area contributed by atoms with Gasteiger partial charge in [-0.3, -0.25) is 4.79 Å². The molecule has 5 unspecified atom stereocenters. The number of carbonyl (C=O) groups is 1. The van der Waals surface area contributed by atoms with E-state index >= 15 is 0 Å². The molecule has 0 spiro atoms. The van der Waals surface area contributed by atoms with Crippen molar-refractivity contribution in [3.05, 3.63) is 35.9 Å². The molecule has 0 saturated carbocycles. The highest BCUT2D eigenvalue weighted by Gasteiger charge is 2.54. The second kappa shape index (κ2) is 12.2. The molecule has 8 heteroatoms. The molecule has 38 heavy (non-hydrogen) atoms. The van der Waals surface area contributed by atoms with Gasteiger partial charge in [0.05, 0.1) is 12.0 Å². The maximum Gasteiger partial charge on any atom is 0.309 e. The van der Waals surface area contributed by atoms with E-state index in [9.17, 15) is 4.79 Å². The third-order valence-corrected chi connectivity index (χ3v) is 18.1. The van der Waals surface area contributed by atoms with Crippen LogP contribution in [-0.2, 0) is 27.9 Å². The number of benzene rings is 1. The van der Waals surface area contributed by atoms with Crippen LogP contribution in [0.5, 0.6) is 0 Å². The lowest BCUT2D eigenvalue weighted by molar-refractivity contribution is -0.283. The third kappa shape index (κ3) is 7.58. The lowest BCUT2D eigenvalue weighted by Gasteiger charge is -2.51. The molecule has 2 rings (SSSR count). The van der Waals surface area contributed by atoms with E-state index in [0.717, 1.165) is 5.56 Å². The van der Waals surface area contributed by atoms with E-state index in [2.05, 4.69) is 86.8 Å². The van der Waals surface area contributed by atoms with Crippen LogP contribution in [0.2, 0.25) is 36.3 Å². The van der Waals surface area contributed by atoms with Gasteiger partial charge in [-0.1, -0.05) is 85.7 Å². The molecule has 1 fully saturated rings. The van der Waals surface area contributed by atoms with Crippen molar-refractivity contribution in [1.29, 1.82) is 0 Å². The molecule has 0 bridgehead atoms. The fourth-order valence-electron chi connectivity index (χ4n) is 4.11. The number of carbonyl (C=O) groups excluding carboxylic acids is 1. The Balaban J connectivity index is 2.47. The molecule has 1 aromatic carbocycles. The van der Waals surface area contributed by atoms with Gasteiger partial charge in [-0.15, -0.1) is 0 Å². The van der Waals surface area contributed by atoms with Crippen molar-refractivity contribution < 1.29 is 27.9 Å². The van der Waals surface area contributed by atoms with Gasteiger partial charge >= 0.3 is 5.97 Å². The van der Waals surface area contributed by atoms with Crippen LogP contribution >= 0.6 is 0 Å². The molecule has 1 aliphatic rings. The quantitative estimate of drug-likeness (QED) is 0.228. The number of hydrogen-bond donors (Lipinski definition) is 0. The SMILES string of the molecule is COC1OC(C)C(OC(=O)[C@@H](C)[C@@H](C)c2ccccc2)C(O[Si](C)(C)C(C)(C)C)C1O[Si](C)(C)C(C)(C)C. The minimum absolute atomic E-state index is 0.00859. The molecule has 0 radical (unpaired) electrons. The van der Waals surface area contributed by atoms with Crippen LogP contribution in [0.4, 0.5) is 0 Å². The topological polar surface area (TPSA) is 63.2 Å². The summed E-state index contributed by atoms with van der Waals surface area (Å²) in [4.78, 5) is 13.6. The molecule has 1 aromatic rings. The summed E-state index contributed by atoms with van der Waals surface area (Å²) in [6, 6.07) is 10.1. The fourth-order valence-corrected chi connectivity index (χ4v) is 6.69. The molecule has 0 amide bonds. The second-order valence-electron chi connectivity index (χ2n) is 14.0. The van der Waals surface area contributed by atoms with Gasteiger partial charge in [-0.25, -0.2) is 0 Å². The monoisotopic (exact) mass is 566 g/mol. The summed E-state index contributed by atoms with van der Waals surface area (Å²) in [7, 11) is -2.91. The highest BCUT2D eigenvalue weighted by molar-refractivity contribution is 6.74. The lowest BCUT2D eigenvalue weighted by atomic mass is 9.89. The van der Waals surface area contributed by atoms with Crippen molar-refractivity contribution in [2.24, 2.45) is 5.92 Å². The van der Waals surface area contributed by atoms with Gasteiger partial charge in [-0.05, 0) is 54.7 Å². The van der Waals surface area contributed by atoms with Gasteiger partial charge in [0, 0.05) is 7.11 Å². The molecule has 1 aliphatic heterocycles. The Hall–Kier alpha value is -1.04. The average Bonchev–Trinajstić information content (AvgIpc) is 2.80. The van der Waals surface area contributed by atoms with Gasteiger partial charge < -0.3 is 23.1 Å². The zero-order chi connectivity index (χ0) is 29.3. The smallest absolute Gasteiger partial charge is 0.309 e. The molecule has 0 aliphatic carbocycles. The lowest BCUT2D eigenvalue weighted by Crippen LogP contribution is -2.65. The van der Waals surface area contributed by atoms with Crippen molar-refractivity contribution in [3.63, 3.8) is 0 Å². The van der Waals surface area contributed by atoms with Crippen molar-refractivity contribution in [2.75, 3.05) is 7.11 Å². The normalized spacial score (nSPS) is 27.1. The summed E-state index contributed by atoms with van der Waals surface area (Å²) in [5, 5.41) is -0.0655. The van der Waals surface area contributed by atoms with Crippen LogP contribution in [-0.4, -0.2) is 60.4 Å². The first kappa shape index (κ1) is 33.2. The minimum Gasteiger partial charge on any atom is -0.457 e. The van der Waals surface area contributed by atoms with E-state index in [4.69, 9.17) is 23.1 Å². The van der Waals surface area contributed by atoms with E-state index in [1.807, 2.05) is 32.0 Å². The van der Waals surface area contributed by atoms with Crippen molar-refractivity contribution >= 4 is 22.6 Å². The number of esters is 1. The van der Waals surface area contributed by atoms with Crippen LogP contribution in [0, 0.1) is 5.92 Å². The molecule has 6 nitrogen and oxygen atoms in total. The van der Waals surface area contributed by atoms with E-state index in [0.29, 0.717) is 0 Å². The Kier molecular flexibility index (Phi) is 10.7. The highest BCUT2D eigenvalue weighted by atomic mass is 28.4. The predicted octanol–water partition coefficient (Wildman–Crippen LogP) is 7.51. The van der Waals surface area contributed by atoms with E-state index < -0.39 is 47.3 Å². The van der Waals surface area contributed by atoms with E-state index in [1.165, 1.54) is 0 Å². The number of hydrogen-bond acceptors (Lipinski definition) is 6. The van der Waals surface area contributed by atoms with Gasteiger partial charge in [-0.2, -0.15) is 0 Å². The minimum atomic E-state index is -2.29. The zero-order valence-electron chi connectivity index (χ0n) is 26.4. The Morgan fingerprint density at radius 1 is 0.842 bits per heavy atom. The first-order chi connectivity index (χ1) is 17.2. The summed E-state index contributed by atoms with van der Waals surface area (Å²) in [5.41, 5.74) is 1.11. The summed E-state index contributed by atoms with van der Waals surface area (Å²) >= 11 is 0. The Morgan fingerprint density at radius 3 is 1.76 bits per heavy atom. The first-order valence-corrected chi connectivity index (χ1v) is 19.8. The maximum atomic E-state index is 13.6. The Labute approximate surface area is 234 Å². The number of methoxy groups -OCH3 is 1. The van der Waals surface area contributed by atoms with Crippen LogP contribution in [0.3, 0.4) is 0 Å². The van der Waals surface area contributed by atoms with Crippen molar-refractivity contribution in [2.45, 2.75) is 135 Å². The molecular weight excluding hydrogens is 512 g/mol. The molecule has 1 saturated heterocycles. The van der Waals surface area contributed by atoms with Crippen LogP contribution < -0.4 is 0 Å².